The van der Waals surface area contributed by atoms with E-state index in [1.165, 1.54) is 0 Å². The van der Waals surface area contributed by atoms with E-state index in [1.54, 1.807) is 24.1 Å². The third-order valence-electron chi connectivity index (χ3n) is 3.04. The maximum atomic E-state index is 12.0. The third kappa shape index (κ3) is 3.96. The number of carbonyl (C=O) groups excluding carboxylic acids is 1. The van der Waals surface area contributed by atoms with Gasteiger partial charge in [0.2, 0.25) is 5.91 Å². The van der Waals surface area contributed by atoms with Crippen molar-refractivity contribution in [1.29, 1.82) is 5.26 Å². The van der Waals surface area contributed by atoms with E-state index in [4.69, 9.17) is 16.9 Å². The average molecular weight is 315 g/mol. The summed E-state index contributed by atoms with van der Waals surface area (Å²) in [5.41, 5.74) is 2.01. The van der Waals surface area contributed by atoms with Gasteiger partial charge in [-0.3, -0.25) is 4.79 Å². The van der Waals surface area contributed by atoms with Crippen molar-refractivity contribution in [3.8, 4) is 6.07 Å². The number of anilines is 2. The maximum Gasteiger partial charge on any atom is 0.243 e. The zero-order valence-electron chi connectivity index (χ0n) is 12.3. The number of pyridine rings is 1. The second kappa shape index (κ2) is 6.92. The van der Waals surface area contributed by atoms with E-state index >= 15 is 0 Å². The van der Waals surface area contributed by atoms with E-state index in [2.05, 4.69) is 10.3 Å². The summed E-state index contributed by atoms with van der Waals surface area (Å²) in [6.45, 7) is 2.10. The molecule has 1 heterocycles. The molecular formula is C16H15ClN4O. The molecule has 0 bridgehead atoms. The monoisotopic (exact) mass is 314 g/mol. The van der Waals surface area contributed by atoms with Crippen LogP contribution in [0.2, 0.25) is 5.02 Å². The van der Waals surface area contributed by atoms with Gasteiger partial charge in [-0.2, -0.15) is 5.26 Å². The normalized spacial score (nSPS) is 9.91. The molecule has 0 spiro atoms. The van der Waals surface area contributed by atoms with E-state index in [0.29, 0.717) is 10.8 Å². The minimum Gasteiger partial charge on any atom is -0.350 e. The van der Waals surface area contributed by atoms with Gasteiger partial charge in [-0.15, -0.1) is 0 Å². The molecule has 6 heteroatoms. The summed E-state index contributed by atoms with van der Waals surface area (Å²) in [5, 5.41) is 12.0. The van der Waals surface area contributed by atoms with Gasteiger partial charge in [-0.25, -0.2) is 4.98 Å². The Kier molecular flexibility index (Phi) is 4.97. The van der Waals surface area contributed by atoms with Crippen LogP contribution in [0.1, 0.15) is 11.3 Å². The number of amides is 1. The Morgan fingerprint density at radius 1 is 1.32 bits per heavy atom. The lowest BCUT2D eigenvalue weighted by molar-refractivity contribution is -0.114. The molecule has 1 aromatic carbocycles. The topological polar surface area (TPSA) is 69.0 Å². The molecule has 2 rings (SSSR count). The summed E-state index contributed by atoms with van der Waals surface area (Å²) in [6.07, 6.45) is 0. The van der Waals surface area contributed by atoms with E-state index < -0.39 is 0 Å². The summed E-state index contributed by atoms with van der Waals surface area (Å²) in [6, 6.07) is 12.7. The fourth-order valence-corrected chi connectivity index (χ4v) is 2.00. The van der Waals surface area contributed by atoms with Gasteiger partial charge < -0.3 is 10.2 Å². The Hall–Kier alpha value is -2.58. The number of rotatable bonds is 4. The highest BCUT2D eigenvalue weighted by molar-refractivity contribution is 6.31. The van der Waals surface area contributed by atoms with Crippen LogP contribution >= 0.6 is 11.6 Å². The van der Waals surface area contributed by atoms with Gasteiger partial charge >= 0.3 is 0 Å². The molecule has 2 aromatic rings. The van der Waals surface area contributed by atoms with Crippen molar-refractivity contribution in [3.05, 3.63) is 52.7 Å². The van der Waals surface area contributed by atoms with Gasteiger partial charge in [-0.05, 0) is 31.2 Å². The first kappa shape index (κ1) is 15.8. The van der Waals surface area contributed by atoms with Crippen LogP contribution in [0.25, 0.3) is 0 Å². The van der Waals surface area contributed by atoms with Crippen molar-refractivity contribution >= 4 is 29.0 Å². The summed E-state index contributed by atoms with van der Waals surface area (Å²) < 4.78 is 0. The van der Waals surface area contributed by atoms with Crippen molar-refractivity contribution in [1.82, 2.24) is 4.98 Å². The number of aryl methyl sites for hydroxylation is 1. The summed E-state index contributed by atoms with van der Waals surface area (Å²) in [5.74, 6) is 0.349. The molecule has 1 N–H and O–H groups in total. The first-order chi connectivity index (χ1) is 10.5. The highest BCUT2D eigenvalue weighted by atomic mass is 35.5. The Morgan fingerprint density at radius 2 is 2.00 bits per heavy atom. The molecule has 112 valence electrons. The summed E-state index contributed by atoms with van der Waals surface area (Å²) in [4.78, 5) is 17.8. The molecular weight excluding hydrogens is 300 g/mol. The Morgan fingerprint density at radius 3 is 2.64 bits per heavy atom. The van der Waals surface area contributed by atoms with Gasteiger partial charge in [-0.1, -0.05) is 29.3 Å². The van der Waals surface area contributed by atoms with Crippen molar-refractivity contribution in [2.24, 2.45) is 0 Å². The molecule has 5 nitrogen and oxygen atoms in total. The molecule has 0 aliphatic rings. The zero-order chi connectivity index (χ0) is 16.1. The SMILES string of the molecule is Cc1ccc(NC(=O)CN(C)c2ccc(Cl)c(C#N)n2)cc1. The number of benzene rings is 1. The van der Waals surface area contributed by atoms with Crippen molar-refractivity contribution < 1.29 is 4.79 Å². The predicted octanol–water partition coefficient (Wildman–Crippen LogP) is 2.99. The molecule has 0 atom stereocenters. The fraction of sp³-hybridized carbons (Fsp3) is 0.188. The Bertz CT molecular complexity index is 722. The minimum absolute atomic E-state index is 0.118. The summed E-state index contributed by atoms with van der Waals surface area (Å²) in [7, 11) is 1.73. The van der Waals surface area contributed by atoms with E-state index in [1.807, 2.05) is 37.3 Å². The lowest BCUT2D eigenvalue weighted by Crippen LogP contribution is -2.30. The van der Waals surface area contributed by atoms with Crippen LogP contribution in [0.3, 0.4) is 0 Å². The van der Waals surface area contributed by atoms with Gasteiger partial charge in [0.05, 0.1) is 11.6 Å². The van der Waals surface area contributed by atoms with Crippen LogP contribution in [0.15, 0.2) is 36.4 Å². The van der Waals surface area contributed by atoms with Gasteiger partial charge in [0.25, 0.3) is 0 Å². The molecule has 0 fully saturated rings. The molecule has 1 aromatic heterocycles. The molecule has 0 radical (unpaired) electrons. The number of aromatic nitrogens is 1. The standard InChI is InChI=1S/C16H15ClN4O/c1-11-3-5-12(6-4-11)19-16(22)10-21(2)15-8-7-13(17)14(9-18)20-15/h3-8H,10H2,1-2H3,(H,19,22). The second-order valence-corrected chi connectivity index (χ2v) is 5.29. The van der Waals surface area contributed by atoms with Crippen LogP contribution in [0.5, 0.6) is 0 Å². The fourth-order valence-electron chi connectivity index (χ4n) is 1.86. The smallest absolute Gasteiger partial charge is 0.243 e. The molecule has 0 aliphatic heterocycles. The number of hydrogen-bond donors (Lipinski definition) is 1. The van der Waals surface area contributed by atoms with Gasteiger partial charge in [0.1, 0.15) is 11.9 Å². The number of nitrogens with one attached hydrogen (secondary N) is 1. The van der Waals surface area contributed by atoms with Crippen molar-refractivity contribution in [2.75, 3.05) is 23.8 Å². The quantitative estimate of drug-likeness (QED) is 0.942. The van der Waals surface area contributed by atoms with Crippen LogP contribution in [0.4, 0.5) is 11.5 Å². The number of halogens is 1. The first-order valence-corrected chi connectivity index (χ1v) is 7.01. The van der Waals surface area contributed by atoms with Gasteiger partial charge in [0, 0.05) is 12.7 Å². The van der Waals surface area contributed by atoms with Crippen molar-refractivity contribution in [3.63, 3.8) is 0 Å². The number of hydrogen-bond acceptors (Lipinski definition) is 4. The molecule has 0 saturated carbocycles. The van der Waals surface area contributed by atoms with Gasteiger partial charge in [0.15, 0.2) is 5.69 Å². The molecule has 22 heavy (non-hydrogen) atoms. The number of nitriles is 1. The van der Waals surface area contributed by atoms with E-state index in [0.717, 1.165) is 11.3 Å². The maximum absolute atomic E-state index is 12.0. The van der Waals surface area contributed by atoms with Crippen LogP contribution in [-0.4, -0.2) is 24.5 Å². The molecule has 0 saturated heterocycles. The lowest BCUT2D eigenvalue weighted by Gasteiger charge is -2.18. The minimum atomic E-state index is -0.165. The summed E-state index contributed by atoms with van der Waals surface area (Å²) >= 11 is 5.84. The highest BCUT2D eigenvalue weighted by Crippen LogP contribution is 2.18. The van der Waals surface area contributed by atoms with E-state index in [9.17, 15) is 4.79 Å². The predicted molar refractivity (Wildman–Crippen MR) is 87.0 cm³/mol. The Balaban J connectivity index is 2.02. The second-order valence-electron chi connectivity index (χ2n) is 4.88. The van der Waals surface area contributed by atoms with Crippen LogP contribution in [0, 0.1) is 18.3 Å². The van der Waals surface area contributed by atoms with E-state index in [-0.39, 0.29) is 18.1 Å². The molecule has 0 unspecified atom stereocenters. The first-order valence-electron chi connectivity index (χ1n) is 6.64. The third-order valence-corrected chi connectivity index (χ3v) is 3.35. The molecule has 1 amide bonds. The number of likely N-dealkylation sites (N-methyl/N-ethyl adjacent to an activating group) is 1. The Labute approximate surface area is 134 Å². The number of nitrogens with zero attached hydrogens (tertiary/aromatic N) is 3. The highest BCUT2D eigenvalue weighted by Gasteiger charge is 2.11. The largest absolute Gasteiger partial charge is 0.350 e. The molecule has 0 aliphatic carbocycles. The zero-order valence-corrected chi connectivity index (χ0v) is 13.1. The van der Waals surface area contributed by atoms with Crippen LogP contribution in [-0.2, 0) is 4.79 Å². The van der Waals surface area contributed by atoms with Crippen LogP contribution < -0.4 is 10.2 Å². The average Bonchev–Trinajstić information content (AvgIpc) is 2.50. The van der Waals surface area contributed by atoms with Crippen molar-refractivity contribution in [2.45, 2.75) is 6.92 Å². The lowest BCUT2D eigenvalue weighted by atomic mass is 10.2. The number of carbonyl (C=O) groups is 1.